The Balaban J connectivity index is 1.47. The number of hydrogen-bond donors (Lipinski definition) is 2. The predicted octanol–water partition coefficient (Wildman–Crippen LogP) is 2.83. The van der Waals surface area contributed by atoms with Gasteiger partial charge in [-0.05, 0) is 48.2 Å². The lowest BCUT2D eigenvalue weighted by atomic mass is 10.2. The summed E-state index contributed by atoms with van der Waals surface area (Å²) in [5.74, 6) is -0.220. The first kappa shape index (κ1) is 17.8. The molecule has 1 heterocycles. The average molecular weight is 372 g/mol. The van der Waals surface area contributed by atoms with Crippen molar-refractivity contribution >= 4 is 34.3 Å². The number of carbonyl (C=O) groups is 2. The SMILES string of the molecule is Cc1cc(Cl)ccc1OCC(=O)NNC(=O)Cn1ccc2ccccc21. The molecule has 0 radical (unpaired) electrons. The third-order valence-electron chi connectivity index (χ3n) is 3.83. The van der Waals surface area contributed by atoms with Crippen LogP contribution in [0.4, 0.5) is 0 Å². The molecule has 0 fully saturated rings. The van der Waals surface area contributed by atoms with Crippen LogP contribution in [-0.4, -0.2) is 23.0 Å². The van der Waals surface area contributed by atoms with E-state index in [1.54, 1.807) is 18.2 Å². The number of halogens is 1. The number of fused-ring (bicyclic) bond motifs is 1. The summed E-state index contributed by atoms with van der Waals surface area (Å²) in [7, 11) is 0. The van der Waals surface area contributed by atoms with E-state index in [2.05, 4.69) is 10.9 Å². The highest BCUT2D eigenvalue weighted by molar-refractivity contribution is 6.30. The lowest BCUT2D eigenvalue weighted by molar-refractivity contribution is -0.130. The van der Waals surface area contributed by atoms with Gasteiger partial charge in [0.15, 0.2) is 6.61 Å². The van der Waals surface area contributed by atoms with Crippen LogP contribution in [0.15, 0.2) is 54.7 Å². The Labute approximate surface area is 155 Å². The minimum absolute atomic E-state index is 0.102. The molecule has 0 spiro atoms. The standard InChI is InChI=1S/C19H18ClN3O3/c1-13-10-15(20)6-7-17(13)26-12-19(25)22-21-18(24)11-23-9-8-14-4-2-3-5-16(14)23/h2-10H,11-12H2,1H3,(H,21,24)(H,22,25). The molecule has 2 aromatic carbocycles. The summed E-state index contributed by atoms with van der Waals surface area (Å²) in [6, 6.07) is 14.8. The summed E-state index contributed by atoms with van der Waals surface area (Å²) < 4.78 is 7.23. The quantitative estimate of drug-likeness (QED) is 0.677. The number of hydrazine groups is 1. The highest BCUT2D eigenvalue weighted by Gasteiger charge is 2.09. The molecule has 134 valence electrons. The van der Waals surface area contributed by atoms with Gasteiger partial charge in [-0.15, -0.1) is 0 Å². The summed E-state index contributed by atoms with van der Waals surface area (Å²) in [6.45, 7) is 1.72. The van der Waals surface area contributed by atoms with Gasteiger partial charge in [-0.25, -0.2) is 0 Å². The number of aromatic nitrogens is 1. The number of rotatable bonds is 5. The van der Waals surface area contributed by atoms with Crippen LogP contribution < -0.4 is 15.6 Å². The molecule has 6 nitrogen and oxygen atoms in total. The van der Waals surface area contributed by atoms with Gasteiger partial charge in [0.05, 0.1) is 0 Å². The van der Waals surface area contributed by atoms with E-state index in [1.807, 2.05) is 48.0 Å². The molecule has 1 aromatic heterocycles. The number of aryl methyl sites for hydroxylation is 1. The highest BCUT2D eigenvalue weighted by Crippen LogP contribution is 2.21. The van der Waals surface area contributed by atoms with E-state index in [1.165, 1.54) is 0 Å². The smallest absolute Gasteiger partial charge is 0.276 e. The molecule has 7 heteroatoms. The Kier molecular flexibility index (Phi) is 5.43. The van der Waals surface area contributed by atoms with Crippen molar-refractivity contribution in [2.45, 2.75) is 13.5 Å². The second-order valence-corrected chi connectivity index (χ2v) is 6.23. The number of amides is 2. The van der Waals surface area contributed by atoms with E-state index in [0.29, 0.717) is 10.8 Å². The van der Waals surface area contributed by atoms with Crippen molar-refractivity contribution in [3.8, 4) is 5.75 Å². The van der Waals surface area contributed by atoms with E-state index in [9.17, 15) is 9.59 Å². The van der Waals surface area contributed by atoms with Crippen LogP contribution in [0.1, 0.15) is 5.56 Å². The Morgan fingerprint density at radius 3 is 2.65 bits per heavy atom. The van der Waals surface area contributed by atoms with Crippen LogP contribution in [0.5, 0.6) is 5.75 Å². The van der Waals surface area contributed by atoms with Crippen LogP contribution in [0, 0.1) is 6.92 Å². The molecule has 0 aliphatic rings. The first-order valence-electron chi connectivity index (χ1n) is 8.03. The van der Waals surface area contributed by atoms with Crippen LogP contribution >= 0.6 is 11.6 Å². The summed E-state index contributed by atoms with van der Waals surface area (Å²) in [6.07, 6.45) is 1.83. The fraction of sp³-hybridized carbons (Fsp3) is 0.158. The van der Waals surface area contributed by atoms with Crippen molar-refractivity contribution in [2.24, 2.45) is 0 Å². The van der Waals surface area contributed by atoms with Crippen molar-refractivity contribution in [3.63, 3.8) is 0 Å². The number of benzene rings is 2. The van der Waals surface area contributed by atoms with Crippen LogP contribution in [0.2, 0.25) is 5.02 Å². The summed E-state index contributed by atoms with van der Waals surface area (Å²) in [5.41, 5.74) is 6.51. The van der Waals surface area contributed by atoms with Gasteiger partial charge < -0.3 is 9.30 Å². The maximum atomic E-state index is 12.0. The Morgan fingerprint density at radius 2 is 1.85 bits per heavy atom. The number of nitrogens with zero attached hydrogens (tertiary/aromatic N) is 1. The van der Waals surface area contributed by atoms with Crippen LogP contribution in [0.25, 0.3) is 10.9 Å². The number of hydrogen-bond acceptors (Lipinski definition) is 3. The van der Waals surface area contributed by atoms with E-state index >= 15 is 0 Å². The third kappa shape index (κ3) is 4.34. The topological polar surface area (TPSA) is 72.4 Å². The Hall–Kier alpha value is -2.99. The summed E-state index contributed by atoms with van der Waals surface area (Å²) in [4.78, 5) is 23.9. The fourth-order valence-electron chi connectivity index (χ4n) is 2.57. The Bertz CT molecular complexity index is 952. The molecular weight excluding hydrogens is 354 g/mol. The minimum atomic E-state index is -0.454. The predicted molar refractivity (Wildman–Crippen MR) is 99.9 cm³/mol. The molecule has 0 unspecified atom stereocenters. The lowest BCUT2D eigenvalue weighted by Gasteiger charge is -2.11. The molecule has 3 rings (SSSR count). The number of para-hydroxylation sites is 1. The molecular formula is C19H18ClN3O3. The number of carbonyl (C=O) groups excluding carboxylic acids is 2. The van der Waals surface area contributed by atoms with Crippen molar-refractivity contribution in [3.05, 3.63) is 65.3 Å². The summed E-state index contributed by atoms with van der Waals surface area (Å²) >= 11 is 5.87. The zero-order chi connectivity index (χ0) is 18.5. The van der Waals surface area contributed by atoms with Gasteiger partial charge in [0, 0.05) is 16.7 Å². The molecule has 0 bridgehead atoms. The van der Waals surface area contributed by atoms with Crippen molar-refractivity contribution in [2.75, 3.05) is 6.61 Å². The number of ether oxygens (including phenoxy) is 1. The van der Waals surface area contributed by atoms with Gasteiger partial charge in [-0.2, -0.15) is 0 Å². The van der Waals surface area contributed by atoms with Gasteiger partial charge in [0.2, 0.25) is 0 Å². The second-order valence-electron chi connectivity index (χ2n) is 5.80. The van der Waals surface area contributed by atoms with Gasteiger partial charge in [-0.3, -0.25) is 20.4 Å². The summed E-state index contributed by atoms with van der Waals surface area (Å²) in [5, 5.41) is 1.65. The molecule has 3 aromatic rings. The second kappa shape index (κ2) is 7.93. The van der Waals surface area contributed by atoms with Crippen molar-refractivity contribution < 1.29 is 14.3 Å². The van der Waals surface area contributed by atoms with Gasteiger partial charge in [-0.1, -0.05) is 29.8 Å². The Morgan fingerprint density at radius 1 is 1.08 bits per heavy atom. The zero-order valence-corrected chi connectivity index (χ0v) is 14.9. The monoisotopic (exact) mass is 371 g/mol. The minimum Gasteiger partial charge on any atom is -0.483 e. The van der Waals surface area contributed by atoms with E-state index in [-0.39, 0.29) is 19.1 Å². The molecule has 0 atom stereocenters. The molecule has 2 N–H and O–H groups in total. The van der Waals surface area contributed by atoms with Crippen LogP contribution in [0.3, 0.4) is 0 Å². The van der Waals surface area contributed by atoms with Crippen molar-refractivity contribution in [1.29, 1.82) is 0 Å². The molecule has 0 aliphatic heterocycles. The molecule has 26 heavy (non-hydrogen) atoms. The van der Waals surface area contributed by atoms with E-state index in [0.717, 1.165) is 16.5 Å². The third-order valence-corrected chi connectivity index (χ3v) is 4.07. The fourth-order valence-corrected chi connectivity index (χ4v) is 2.79. The van der Waals surface area contributed by atoms with Gasteiger partial charge in [0.25, 0.3) is 11.8 Å². The first-order chi connectivity index (χ1) is 12.5. The molecule has 2 amide bonds. The molecule has 0 aliphatic carbocycles. The lowest BCUT2D eigenvalue weighted by Crippen LogP contribution is -2.45. The number of nitrogens with one attached hydrogen (secondary N) is 2. The van der Waals surface area contributed by atoms with Gasteiger partial charge in [0.1, 0.15) is 12.3 Å². The van der Waals surface area contributed by atoms with Gasteiger partial charge >= 0.3 is 0 Å². The zero-order valence-electron chi connectivity index (χ0n) is 14.2. The largest absolute Gasteiger partial charge is 0.483 e. The highest BCUT2D eigenvalue weighted by atomic mass is 35.5. The van der Waals surface area contributed by atoms with E-state index in [4.69, 9.17) is 16.3 Å². The molecule has 0 saturated heterocycles. The van der Waals surface area contributed by atoms with Crippen LogP contribution in [-0.2, 0) is 16.1 Å². The van der Waals surface area contributed by atoms with Crippen molar-refractivity contribution in [1.82, 2.24) is 15.4 Å². The van der Waals surface area contributed by atoms with E-state index < -0.39 is 5.91 Å². The normalized spacial score (nSPS) is 10.5. The first-order valence-corrected chi connectivity index (χ1v) is 8.41. The average Bonchev–Trinajstić information content (AvgIpc) is 3.02. The molecule has 0 saturated carbocycles. The maximum absolute atomic E-state index is 12.0. The maximum Gasteiger partial charge on any atom is 0.276 e.